The van der Waals surface area contributed by atoms with Crippen LogP contribution in [0.25, 0.3) is 11.1 Å². The first kappa shape index (κ1) is 21.1. The molecule has 6 nitrogen and oxygen atoms in total. The number of unbranched alkanes of at least 4 members (excludes halogenated alkanes) is 1. The second-order valence-corrected chi connectivity index (χ2v) is 7.51. The van der Waals surface area contributed by atoms with Crippen LogP contribution in [0.1, 0.15) is 12.8 Å². The van der Waals surface area contributed by atoms with E-state index < -0.39 is 0 Å². The molecule has 1 aliphatic heterocycles. The van der Waals surface area contributed by atoms with E-state index in [-0.39, 0.29) is 6.03 Å². The van der Waals surface area contributed by atoms with Gasteiger partial charge in [-0.3, -0.25) is 0 Å². The minimum atomic E-state index is -0.158. The summed E-state index contributed by atoms with van der Waals surface area (Å²) in [6.07, 6.45) is 2.10. The molecule has 0 spiro atoms. The lowest BCUT2D eigenvalue weighted by atomic mass is 10.0. The molecule has 1 fully saturated rings. The number of anilines is 1. The topological polar surface area (TPSA) is 56.8 Å². The van der Waals surface area contributed by atoms with Gasteiger partial charge in [0.15, 0.2) is 0 Å². The average Bonchev–Trinajstić information content (AvgIpc) is 2.75. The highest BCUT2D eigenvalue weighted by Gasteiger charge is 2.12. The summed E-state index contributed by atoms with van der Waals surface area (Å²) in [4.78, 5) is 17.0. The molecule has 6 heteroatoms. The SMILES string of the molecule is COc1ccccc1-c1ccc(NC(=O)NCCCCN2CCN(C)CC2)cc1. The number of hydrogen-bond acceptors (Lipinski definition) is 4. The molecule has 0 saturated carbocycles. The number of ether oxygens (including phenoxy) is 1. The van der Waals surface area contributed by atoms with Gasteiger partial charge in [0.05, 0.1) is 7.11 Å². The number of carbonyl (C=O) groups is 1. The molecule has 0 atom stereocenters. The molecule has 29 heavy (non-hydrogen) atoms. The third kappa shape index (κ3) is 6.48. The van der Waals surface area contributed by atoms with Crippen LogP contribution < -0.4 is 15.4 Å². The Labute approximate surface area is 173 Å². The molecular weight excluding hydrogens is 364 g/mol. The maximum atomic E-state index is 12.1. The van der Waals surface area contributed by atoms with Crippen molar-refractivity contribution >= 4 is 11.7 Å². The Kier molecular flexibility index (Phi) is 7.90. The van der Waals surface area contributed by atoms with E-state index in [4.69, 9.17) is 4.74 Å². The van der Waals surface area contributed by atoms with Crippen LogP contribution in [0.3, 0.4) is 0 Å². The number of para-hydroxylation sites is 1. The summed E-state index contributed by atoms with van der Waals surface area (Å²) in [5, 5.41) is 5.84. The molecule has 2 aromatic rings. The van der Waals surface area contributed by atoms with Gasteiger partial charge in [0, 0.05) is 44.0 Å². The van der Waals surface area contributed by atoms with E-state index in [0.29, 0.717) is 6.54 Å². The summed E-state index contributed by atoms with van der Waals surface area (Å²) in [6, 6.07) is 15.6. The molecule has 0 aromatic heterocycles. The minimum Gasteiger partial charge on any atom is -0.496 e. The van der Waals surface area contributed by atoms with E-state index in [1.54, 1.807) is 7.11 Å². The number of amides is 2. The van der Waals surface area contributed by atoms with Crippen molar-refractivity contribution in [2.45, 2.75) is 12.8 Å². The number of piperazine rings is 1. The largest absolute Gasteiger partial charge is 0.496 e. The van der Waals surface area contributed by atoms with E-state index in [0.717, 1.165) is 68.1 Å². The van der Waals surface area contributed by atoms with Gasteiger partial charge in [-0.25, -0.2) is 4.79 Å². The number of urea groups is 1. The van der Waals surface area contributed by atoms with E-state index >= 15 is 0 Å². The Hall–Kier alpha value is -2.57. The third-order valence-corrected chi connectivity index (χ3v) is 5.34. The molecular formula is C23H32N4O2. The molecule has 2 aromatic carbocycles. The van der Waals surface area contributed by atoms with Gasteiger partial charge >= 0.3 is 6.03 Å². The summed E-state index contributed by atoms with van der Waals surface area (Å²) < 4.78 is 5.42. The lowest BCUT2D eigenvalue weighted by Crippen LogP contribution is -2.44. The van der Waals surface area contributed by atoms with Crippen LogP contribution in [0.15, 0.2) is 48.5 Å². The maximum Gasteiger partial charge on any atom is 0.319 e. The average molecular weight is 397 g/mol. The molecule has 0 bridgehead atoms. The normalized spacial score (nSPS) is 15.1. The van der Waals surface area contributed by atoms with Crippen molar-refractivity contribution in [1.29, 1.82) is 0 Å². The van der Waals surface area contributed by atoms with Gasteiger partial charge in [-0.1, -0.05) is 30.3 Å². The zero-order chi connectivity index (χ0) is 20.5. The van der Waals surface area contributed by atoms with Crippen molar-refractivity contribution in [3.05, 3.63) is 48.5 Å². The molecule has 156 valence electrons. The fraction of sp³-hybridized carbons (Fsp3) is 0.435. The third-order valence-electron chi connectivity index (χ3n) is 5.34. The zero-order valence-corrected chi connectivity index (χ0v) is 17.5. The van der Waals surface area contributed by atoms with Gasteiger partial charge in [0.2, 0.25) is 0 Å². The van der Waals surface area contributed by atoms with Gasteiger partial charge in [0.25, 0.3) is 0 Å². The zero-order valence-electron chi connectivity index (χ0n) is 17.5. The van der Waals surface area contributed by atoms with Crippen LogP contribution in [0, 0.1) is 0 Å². The lowest BCUT2D eigenvalue weighted by Gasteiger charge is -2.32. The first-order valence-electron chi connectivity index (χ1n) is 10.3. The molecule has 2 amide bonds. The Morgan fingerprint density at radius 3 is 2.45 bits per heavy atom. The molecule has 0 radical (unpaired) electrons. The van der Waals surface area contributed by atoms with Crippen LogP contribution in [-0.4, -0.2) is 69.3 Å². The smallest absolute Gasteiger partial charge is 0.319 e. The Morgan fingerprint density at radius 2 is 1.72 bits per heavy atom. The van der Waals surface area contributed by atoms with Crippen molar-refractivity contribution in [3.63, 3.8) is 0 Å². The van der Waals surface area contributed by atoms with E-state index in [1.165, 1.54) is 0 Å². The standard InChI is InChI=1S/C23H32N4O2/c1-26-15-17-27(18-16-26)14-6-5-13-24-23(28)25-20-11-9-19(10-12-20)21-7-3-4-8-22(21)29-2/h3-4,7-12H,5-6,13-18H2,1-2H3,(H2,24,25,28). The Balaban J connectivity index is 1.37. The predicted octanol–water partition coefficient (Wildman–Crippen LogP) is 3.51. The van der Waals surface area contributed by atoms with Crippen molar-refractivity contribution in [3.8, 4) is 16.9 Å². The van der Waals surface area contributed by atoms with Crippen LogP contribution >= 0.6 is 0 Å². The van der Waals surface area contributed by atoms with Gasteiger partial charge in [0.1, 0.15) is 5.75 Å². The Morgan fingerprint density at radius 1 is 1.00 bits per heavy atom. The van der Waals surface area contributed by atoms with Gasteiger partial charge < -0.3 is 25.2 Å². The number of likely N-dealkylation sites (N-methyl/N-ethyl adjacent to an activating group) is 1. The van der Waals surface area contributed by atoms with Crippen molar-refractivity contribution in [2.75, 3.05) is 58.7 Å². The van der Waals surface area contributed by atoms with Crippen LogP contribution in [0.2, 0.25) is 0 Å². The number of nitrogens with zero attached hydrogens (tertiary/aromatic N) is 2. The molecule has 0 aliphatic carbocycles. The predicted molar refractivity (Wildman–Crippen MR) is 119 cm³/mol. The molecule has 3 rings (SSSR count). The maximum absolute atomic E-state index is 12.1. The molecule has 2 N–H and O–H groups in total. The van der Waals surface area contributed by atoms with Crippen LogP contribution in [-0.2, 0) is 0 Å². The minimum absolute atomic E-state index is 0.158. The van der Waals surface area contributed by atoms with E-state index in [9.17, 15) is 4.79 Å². The van der Waals surface area contributed by atoms with Crippen molar-refractivity contribution in [2.24, 2.45) is 0 Å². The van der Waals surface area contributed by atoms with Crippen molar-refractivity contribution in [1.82, 2.24) is 15.1 Å². The van der Waals surface area contributed by atoms with Crippen LogP contribution in [0.4, 0.5) is 10.5 Å². The van der Waals surface area contributed by atoms with E-state index in [1.807, 2.05) is 48.5 Å². The Bertz CT molecular complexity index is 771. The second-order valence-electron chi connectivity index (χ2n) is 7.51. The summed E-state index contributed by atoms with van der Waals surface area (Å²) in [5.74, 6) is 0.836. The second kappa shape index (κ2) is 10.8. The molecule has 0 unspecified atom stereocenters. The quantitative estimate of drug-likeness (QED) is 0.671. The fourth-order valence-electron chi connectivity index (χ4n) is 3.53. The first-order valence-corrected chi connectivity index (χ1v) is 10.3. The summed E-state index contributed by atoms with van der Waals surface area (Å²) in [5.41, 5.74) is 2.86. The van der Waals surface area contributed by atoms with E-state index in [2.05, 4.69) is 27.5 Å². The molecule has 1 aliphatic rings. The van der Waals surface area contributed by atoms with Gasteiger partial charge in [-0.05, 0) is 50.2 Å². The first-order chi connectivity index (χ1) is 14.2. The molecule has 1 heterocycles. The number of benzene rings is 2. The fourth-order valence-corrected chi connectivity index (χ4v) is 3.53. The van der Waals surface area contributed by atoms with Gasteiger partial charge in [-0.15, -0.1) is 0 Å². The number of nitrogens with one attached hydrogen (secondary N) is 2. The summed E-state index contributed by atoms with van der Waals surface area (Å²) >= 11 is 0. The number of methoxy groups -OCH3 is 1. The number of rotatable bonds is 8. The van der Waals surface area contributed by atoms with Crippen molar-refractivity contribution < 1.29 is 9.53 Å². The van der Waals surface area contributed by atoms with Crippen LogP contribution in [0.5, 0.6) is 5.75 Å². The van der Waals surface area contributed by atoms with Gasteiger partial charge in [-0.2, -0.15) is 0 Å². The molecule has 1 saturated heterocycles. The summed E-state index contributed by atoms with van der Waals surface area (Å²) in [6.45, 7) is 6.40. The monoisotopic (exact) mass is 396 g/mol. The lowest BCUT2D eigenvalue weighted by molar-refractivity contribution is 0.152. The highest BCUT2D eigenvalue weighted by molar-refractivity contribution is 5.89. The number of carbonyl (C=O) groups excluding carboxylic acids is 1. The number of hydrogen-bond donors (Lipinski definition) is 2. The highest BCUT2D eigenvalue weighted by Crippen LogP contribution is 2.30. The summed E-state index contributed by atoms with van der Waals surface area (Å²) in [7, 11) is 3.84. The highest BCUT2D eigenvalue weighted by atomic mass is 16.5.